The van der Waals surface area contributed by atoms with Crippen molar-refractivity contribution in [1.29, 1.82) is 0 Å². The van der Waals surface area contributed by atoms with Crippen LogP contribution in [-0.2, 0) is 21.2 Å². The van der Waals surface area contributed by atoms with Gasteiger partial charge in [-0.2, -0.15) is 4.31 Å². The summed E-state index contributed by atoms with van der Waals surface area (Å²) in [5, 5.41) is 3.33. The molecule has 2 heterocycles. The Morgan fingerprint density at radius 3 is 2.73 bits per heavy atom. The van der Waals surface area contributed by atoms with Gasteiger partial charge in [0.05, 0.1) is 22.2 Å². The van der Waals surface area contributed by atoms with Gasteiger partial charge < -0.3 is 10.1 Å². The molecule has 0 saturated carbocycles. The summed E-state index contributed by atoms with van der Waals surface area (Å²) in [6.07, 6.45) is 1.96. The molecule has 1 fully saturated rings. The number of aromatic nitrogens is 1. The number of fused-ring (bicyclic) bond motifs is 1. The van der Waals surface area contributed by atoms with E-state index in [1.807, 2.05) is 18.2 Å². The number of carbonyl (C=O) groups excluding carboxylic acids is 1. The van der Waals surface area contributed by atoms with Gasteiger partial charge in [0, 0.05) is 6.54 Å². The van der Waals surface area contributed by atoms with Crippen LogP contribution in [0.2, 0.25) is 0 Å². The summed E-state index contributed by atoms with van der Waals surface area (Å²) >= 11 is 1.40. The van der Waals surface area contributed by atoms with Crippen LogP contribution < -0.4 is 10.1 Å². The fourth-order valence-corrected chi connectivity index (χ4v) is 6.28. The van der Waals surface area contributed by atoms with Crippen molar-refractivity contribution in [2.45, 2.75) is 37.1 Å². The quantitative estimate of drug-likeness (QED) is 0.626. The van der Waals surface area contributed by atoms with Crippen molar-refractivity contribution in [2.24, 2.45) is 0 Å². The second kappa shape index (κ2) is 8.33. The van der Waals surface area contributed by atoms with Gasteiger partial charge in [0.1, 0.15) is 11.8 Å². The van der Waals surface area contributed by atoms with Gasteiger partial charge in [-0.25, -0.2) is 13.4 Å². The van der Waals surface area contributed by atoms with Crippen LogP contribution in [0.5, 0.6) is 5.75 Å². The van der Waals surface area contributed by atoms with Gasteiger partial charge in [-0.15, -0.1) is 0 Å². The highest BCUT2D eigenvalue weighted by Crippen LogP contribution is 2.31. The van der Waals surface area contributed by atoms with E-state index in [0.717, 1.165) is 22.2 Å². The Bertz CT molecular complexity index is 1170. The number of methoxy groups -OCH3 is 1. The number of rotatable bonds is 6. The number of hydrogen-bond donors (Lipinski definition) is 1. The number of ether oxygens (including phenoxy) is 1. The maximum absolute atomic E-state index is 13.1. The molecule has 0 radical (unpaired) electrons. The second-order valence-electron chi connectivity index (χ2n) is 7.08. The van der Waals surface area contributed by atoms with Crippen LogP contribution in [0.1, 0.15) is 25.3 Å². The van der Waals surface area contributed by atoms with E-state index in [0.29, 0.717) is 30.3 Å². The minimum absolute atomic E-state index is 0.149. The molecule has 1 aliphatic heterocycles. The summed E-state index contributed by atoms with van der Waals surface area (Å²) in [5.74, 6) is 0.230. The SMILES string of the molecule is CCc1cccc2sc(NC(=O)C3CCCN3S(=O)(=O)c3ccc(OC)cc3)nc12. The van der Waals surface area contributed by atoms with E-state index in [1.54, 1.807) is 12.1 Å². The zero-order chi connectivity index (χ0) is 21.3. The number of aryl methyl sites for hydroxylation is 1. The lowest BCUT2D eigenvalue weighted by Gasteiger charge is -2.23. The van der Waals surface area contributed by atoms with Crippen LogP contribution in [0.25, 0.3) is 10.2 Å². The number of hydrogen-bond acceptors (Lipinski definition) is 6. The first-order chi connectivity index (χ1) is 14.4. The number of thiazole rings is 1. The largest absolute Gasteiger partial charge is 0.497 e. The number of para-hydroxylation sites is 1. The molecule has 1 saturated heterocycles. The minimum atomic E-state index is -3.79. The molecule has 1 N–H and O–H groups in total. The highest BCUT2D eigenvalue weighted by atomic mass is 32.2. The standard InChI is InChI=1S/C21H23N3O4S2/c1-3-14-6-4-8-18-19(14)22-21(29-18)23-20(25)17-7-5-13-24(17)30(26,27)16-11-9-15(28-2)10-12-16/h4,6,8-12,17H,3,5,7,13H2,1-2H3,(H,22,23,25). The first-order valence-corrected chi connectivity index (χ1v) is 12.0. The third kappa shape index (κ3) is 3.80. The van der Waals surface area contributed by atoms with E-state index in [4.69, 9.17) is 4.74 Å². The highest BCUT2D eigenvalue weighted by molar-refractivity contribution is 7.89. The molecule has 1 aromatic heterocycles. The first kappa shape index (κ1) is 20.8. The summed E-state index contributed by atoms with van der Waals surface area (Å²) in [7, 11) is -2.26. The van der Waals surface area contributed by atoms with Crippen LogP contribution in [0.3, 0.4) is 0 Å². The van der Waals surface area contributed by atoms with Crippen molar-refractivity contribution >= 4 is 42.6 Å². The molecule has 2 aromatic carbocycles. The lowest BCUT2D eigenvalue weighted by molar-refractivity contribution is -0.119. The smallest absolute Gasteiger partial charge is 0.244 e. The lowest BCUT2D eigenvalue weighted by atomic mass is 10.1. The molecule has 1 unspecified atom stereocenters. The van der Waals surface area contributed by atoms with Crippen LogP contribution in [0.4, 0.5) is 5.13 Å². The summed E-state index contributed by atoms with van der Waals surface area (Å²) in [5.41, 5.74) is 2.00. The molecule has 7 nitrogen and oxygen atoms in total. The van der Waals surface area contributed by atoms with Crippen LogP contribution in [-0.4, -0.2) is 43.3 Å². The zero-order valence-electron chi connectivity index (χ0n) is 16.8. The Balaban J connectivity index is 1.56. The van der Waals surface area contributed by atoms with Crippen LogP contribution in [0, 0.1) is 0 Å². The number of carbonyl (C=O) groups is 1. The maximum atomic E-state index is 13.1. The normalized spacial score (nSPS) is 17.3. The van der Waals surface area contributed by atoms with E-state index in [1.165, 1.54) is 34.9 Å². The summed E-state index contributed by atoms with van der Waals surface area (Å²) in [6.45, 7) is 2.37. The number of sulfonamides is 1. The topological polar surface area (TPSA) is 88.6 Å². The van der Waals surface area contributed by atoms with E-state index in [9.17, 15) is 13.2 Å². The van der Waals surface area contributed by atoms with Crippen molar-refractivity contribution in [2.75, 3.05) is 19.0 Å². The van der Waals surface area contributed by atoms with Gasteiger partial charge >= 0.3 is 0 Å². The maximum Gasteiger partial charge on any atom is 0.244 e. The number of nitrogens with zero attached hydrogens (tertiary/aromatic N) is 2. The molecule has 30 heavy (non-hydrogen) atoms. The molecule has 0 aliphatic carbocycles. The van der Waals surface area contributed by atoms with E-state index in [-0.39, 0.29) is 10.8 Å². The first-order valence-electron chi connectivity index (χ1n) is 9.79. The Kier molecular flexibility index (Phi) is 5.77. The van der Waals surface area contributed by atoms with Gasteiger partial charge in [0.15, 0.2) is 5.13 Å². The van der Waals surface area contributed by atoms with Gasteiger partial charge in [0.25, 0.3) is 0 Å². The van der Waals surface area contributed by atoms with Gasteiger partial charge in [-0.3, -0.25) is 4.79 Å². The molecule has 1 amide bonds. The fraction of sp³-hybridized carbons (Fsp3) is 0.333. The third-order valence-electron chi connectivity index (χ3n) is 5.29. The summed E-state index contributed by atoms with van der Waals surface area (Å²) in [4.78, 5) is 17.7. The Morgan fingerprint density at radius 2 is 2.03 bits per heavy atom. The highest BCUT2D eigenvalue weighted by Gasteiger charge is 2.39. The predicted octanol–water partition coefficient (Wildman–Crippen LogP) is 3.66. The number of anilines is 1. The molecule has 3 aromatic rings. The van der Waals surface area contributed by atoms with Crippen molar-refractivity contribution in [1.82, 2.24) is 9.29 Å². The summed E-state index contributed by atoms with van der Waals surface area (Å²) in [6, 6.07) is 11.4. The molecule has 0 spiro atoms. The number of nitrogens with one attached hydrogen (secondary N) is 1. The lowest BCUT2D eigenvalue weighted by Crippen LogP contribution is -2.43. The Labute approximate surface area is 179 Å². The Hall–Kier alpha value is -2.49. The van der Waals surface area contributed by atoms with E-state index >= 15 is 0 Å². The monoisotopic (exact) mass is 445 g/mol. The van der Waals surface area contributed by atoms with Crippen molar-refractivity contribution < 1.29 is 17.9 Å². The van der Waals surface area contributed by atoms with Crippen LogP contribution >= 0.6 is 11.3 Å². The molecule has 9 heteroatoms. The molecule has 158 valence electrons. The molecule has 1 atom stereocenters. The molecule has 1 aliphatic rings. The zero-order valence-corrected chi connectivity index (χ0v) is 18.4. The second-order valence-corrected chi connectivity index (χ2v) is 10.00. The van der Waals surface area contributed by atoms with Gasteiger partial charge in [-0.1, -0.05) is 30.4 Å². The van der Waals surface area contributed by atoms with Crippen LogP contribution in [0.15, 0.2) is 47.4 Å². The number of amides is 1. The van der Waals surface area contributed by atoms with Gasteiger partial charge in [-0.05, 0) is 55.2 Å². The average Bonchev–Trinajstić information content (AvgIpc) is 3.40. The van der Waals surface area contributed by atoms with Crippen molar-refractivity contribution in [3.63, 3.8) is 0 Å². The average molecular weight is 446 g/mol. The van der Waals surface area contributed by atoms with E-state index in [2.05, 4.69) is 17.2 Å². The minimum Gasteiger partial charge on any atom is -0.497 e. The van der Waals surface area contributed by atoms with E-state index < -0.39 is 16.1 Å². The molecule has 0 bridgehead atoms. The third-order valence-corrected chi connectivity index (χ3v) is 8.14. The van der Waals surface area contributed by atoms with Crippen molar-refractivity contribution in [3.8, 4) is 5.75 Å². The molecular weight excluding hydrogens is 422 g/mol. The fourth-order valence-electron chi connectivity index (χ4n) is 3.71. The summed E-state index contributed by atoms with van der Waals surface area (Å²) < 4.78 is 33.6. The predicted molar refractivity (Wildman–Crippen MR) is 118 cm³/mol. The van der Waals surface area contributed by atoms with Crippen molar-refractivity contribution in [3.05, 3.63) is 48.0 Å². The molecule has 4 rings (SSSR count). The molecular formula is C21H23N3O4S2. The number of benzene rings is 2. The van der Waals surface area contributed by atoms with Gasteiger partial charge in [0.2, 0.25) is 15.9 Å². The Morgan fingerprint density at radius 1 is 1.27 bits per heavy atom.